The zero-order chi connectivity index (χ0) is 14.5. The number of amides is 2. The van der Waals surface area contributed by atoms with Crippen LogP contribution < -0.4 is 5.32 Å². The number of nitrogens with zero attached hydrogens (tertiary/aromatic N) is 1. The second-order valence-electron chi connectivity index (χ2n) is 6.14. The molecule has 0 radical (unpaired) electrons. The Kier molecular flexibility index (Phi) is 5.63. The van der Waals surface area contributed by atoms with Crippen LogP contribution in [-0.4, -0.2) is 41.1 Å². The molecular formula is C14H26N2O3. The van der Waals surface area contributed by atoms with Crippen LogP contribution in [-0.2, 0) is 4.79 Å². The number of carboxylic acids is 1. The molecule has 0 heterocycles. The molecule has 1 aliphatic rings. The molecule has 19 heavy (non-hydrogen) atoms. The summed E-state index contributed by atoms with van der Waals surface area (Å²) in [6, 6.07) is -0.156. The fourth-order valence-electron chi connectivity index (χ4n) is 2.27. The van der Waals surface area contributed by atoms with Crippen LogP contribution in [0.4, 0.5) is 4.79 Å². The Morgan fingerprint density at radius 3 is 2.37 bits per heavy atom. The minimum atomic E-state index is -0.947. The number of carboxylic acid groups (broad SMARTS) is 1. The van der Waals surface area contributed by atoms with Gasteiger partial charge in [-0.05, 0) is 24.7 Å². The predicted molar refractivity (Wildman–Crippen MR) is 74.1 cm³/mol. The molecule has 0 aliphatic heterocycles. The third-order valence-corrected chi connectivity index (χ3v) is 4.01. The van der Waals surface area contributed by atoms with Gasteiger partial charge in [-0.3, -0.25) is 4.79 Å². The van der Waals surface area contributed by atoms with Gasteiger partial charge < -0.3 is 15.3 Å². The quantitative estimate of drug-likeness (QED) is 0.779. The van der Waals surface area contributed by atoms with Gasteiger partial charge in [0.15, 0.2) is 0 Å². The van der Waals surface area contributed by atoms with E-state index in [4.69, 9.17) is 5.11 Å². The van der Waals surface area contributed by atoms with Gasteiger partial charge in [-0.1, -0.05) is 33.6 Å². The Labute approximate surface area is 115 Å². The lowest BCUT2D eigenvalue weighted by Gasteiger charge is -2.30. The van der Waals surface area contributed by atoms with Gasteiger partial charge in [-0.2, -0.15) is 0 Å². The van der Waals surface area contributed by atoms with Crippen molar-refractivity contribution in [3.8, 4) is 0 Å². The first-order chi connectivity index (χ1) is 8.85. The van der Waals surface area contributed by atoms with Crippen molar-refractivity contribution in [3.63, 3.8) is 0 Å². The van der Waals surface area contributed by atoms with Crippen molar-refractivity contribution in [2.45, 2.75) is 58.9 Å². The highest BCUT2D eigenvalue weighted by atomic mass is 16.4. The molecule has 1 fully saturated rings. The summed E-state index contributed by atoms with van der Waals surface area (Å²) in [6.07, 6.45) is 4.95. The van der Waals surface area contributed by atoms with E-state index in [0.29, 0.717) is 6.54 Å². The first-order valence-corrected chi connectivity index (χ1v) is 7.12. The van der Waals surface area contributed by atoms with Crippen molar-refractivity contribution < 1.29 is 14.7 Å². The first kappa shape index (κ1) is 15.8. The van der Waals surface area contributed by atoms with E-state index in [1.54, 1.807) is 0 Å². The molecule has 5 nitrogen and oxygen atoms in total. The average molecular weight is 270 g/mol. The Morgan fingerprint density at radius 2 is 1.89 bits per heavy atom. The van der Waals surface area contributed by atoms with Crippen LogP contribution >= 0.6 is 0 Å². The normalized spacial score (nSPS) is 16.4. The van der Waals surface area contributed by atoms with E-state index < -0.39 is 5.97 Å². The van der Waals surface area contributed by atoms with Crippen molar-refractivity contribution in [1.29, 1.82) is 0 Å². The molecule has 2 amide bonds. The Morgan fingerprint density at radius 1 is 1.32 bits per heavy atom. The summed E-state index contributed by atoms with van der Waals surface area (Å²) in [4.78, 5) is 24.6. The fraction of sp³-hybridized carbons (Fsp3) is 0.857. The minimum Gasteiger partial charge on any atom is -0.480 e. The number of carbonyl (C=O) groups excluding carboxylic acids is 1. The number of carbonyl (C=O) groups is 2. The van der Waals surface area contributed by atoms with Crippen LogP contribution in [0.3, 0.4) is 0 Å². The van der Waals surface area contributed by atoms with Crippen molar-refractivity contribution in [2.75, 3.05) is 13.1 Å². The van der Waals surface area contributed by atoms with Gasteiger partial charge in [-0.15, -0.1) is 0 Å². The van der Waals surface area contributed by atoms with E-state index in [9.17, 15) is 9.59 Å². The van der Waals surface area contributed by atoms with Gasteiger partial charge >= 0.3 is 12.0 Å². The van der Waals surface area contributed by atoms with Gasteiger partial charge in [-0.25, -0.2) is 4.79 Å². The molecule has 110 valence electrons. The van der Waals surface area contributed by atoms with Crippen molar-refractivity contribution >= 4 is 12.0 Å². The van der Waals surface area contributed by atoms with Gasteiger partial charge in [0.1, 0.15) is 6.54 Å². The standard InChI is InChI=1S/C14H26N2O3/c1-4-14(2,3)10-15-13(19)16(9-12(17)18)11-7-5-6-8-11/h11H,4-10H2,1-3H3,(H,15,19)(H,17,18). The third-order valence-electron chi connectivity index (χ3n) is 4.01. The van der Waals surface area contributed by atoms with E-state index >= 15 is 0 Å². The number of nitrogens with one attached hydrogen (secondary N) is 1. The number of aliphatic carboxylic acids is 1. The summed E-state index contributed by atoms with van der Waals surface area (Å²) in [7, 11) is 0. The largest absolute Gasteiger partial charge is 0.480 e. The zero-order valence-electron chi connectivity index (χ0n) is 12.2. The topological polar surface area (TPSA) is 69.6 Å². The summed E-state index contributed by atoms with van der Waals surface area (Å²) in [6.45, 7) is 6.63. The Balaban J connectivity index is 2.58. The molecule has 0 atom stereocenters. The second kappa shape index (κ2) is 6.78. The van der Waals surface area contributed by atoms with E-state index in [1.165, 1.54) is 4.90 Å². The van der Waals surface area contributed by atoms with Gasteiger partial charge in [0.2, 0.25) is 0 Å². The van der Waals surface area contributed by atoms with Crippen LogP contribution in [0, 0.1) is 5.41 Å². The molecule has 0 aromatic heterocycles. The first-order valence-electron chi connectivity index (χ1n) is 7.12. The lowest BCUT2D eigenvalue weighted by atomic mass is 9.90. The minimum absolute atomic E-state index is 0.0419. The molecule has 0 unspecified atom stereocenters. The molecule has 1 rings (SSSR count). The highest BCUT2D eigenvalue weighted by Crippen LogP contribution is 2.24. The maximum Gasteiger partial charge on any atom is 0.323 e. The average Bonchev–Trinajstić information content (AvgIpc) is 2.86. The van der Waals surface area contributed by atoms with Crippen LogP contribution in [0.25, 0.3) is 0 Å². The predicted octanol–water partition coefficient (Wildman–Crippen LogP) is 2.46. The summed E-state index contributed by atoms with van der Waals surface area (Å²) in [5.74, 6) is -0.947. The van der Waals surface area contributed by atoms with Crippen LogP contribution in [0.5, 0.6) is 0 Å². The molecule has 2 N–H and O–H groups in total. The molecular weight excluding hydrogens is 244 g/mol. The van der Waals surface area contributed by atoms with Crippen LogP contribution in [0.2, 0.25) is 0 Å². The summed E-state index contributed by atoms with van der Waals surface area (Å²) in [5.41, 5.74) is 0.0419. The number of hydrogen-bond donors (Lipinski definition) is 2. The maximum atomic E-state index is 12.2. The molecule has 1 aliphatic carbocycles. The van der Waals surface area contributed by atoms with Gasteiger partial charge in [0, 0.05) is 12.6 Å². The maximum absolute atomic E-state index is 12.2. The van der Waals surface area contributed by atoms with E-state index in [0.717, 1.165) is 32.1 Å². The van der Waals surface area contributed by atoms with Crippen LogP contribution in [0.15, 0.2) is 0 Å². The van der Waals surface area contributed by atoms with E-state index in [1.807, 2.05) is 0 Å². The van der Waals surface area contributed by atoms with Gasteiger partial charge in [0.05, 0.1) is 0 Å². The molecule has 1 saturated carbocycles. The highest BCUT2D eigenvalue weighted by molar-refractivity contribution is 5.80. The monoisotopic (exact) mass is 270 g/mol. The lowest BCUT2D eigenvalue weighted by molar-refractivity contribution is -0.138. The van der Waals surface area contributed by atoms with Gasteiger partial charge in [0.25, 0.3) is 0 Å². The molecule has 0 bridgehead atoms. The zero-order valence-corrected chi connectivity index (χ0v) is 12.2. The third kappa shape index (κ3) is 5.09. The molecule has 0 saturated heterocycles. The van der Waals surface area contributed by atoms with Crippen molar-refractivity contribution in [1.82, 2.24) is 10.2 Å². The summed E-state index contributed by atoms with van der Waals surface area (Å²) in [5, 5.41) is 11.8. The van der Waals surface area contributed by atoms with E-state index in [-0.39, 0.29) is 24.0 Å². The fourth-order valence-corrected chi connectivity index (χ4v) is 2.27. The molecule has 5 heteroatoms. The van der Waals surface area contributed by atoms with E-state index in [2.05, 4.69) is 26.1 Å². The smallest absolute Gasteiger partial charge is 0.323 e. The lowest BCUT2D eigenvalue weighted by Crippen LogP contribution is -2.49. The second-order valence-corrected chi connectivity index (χ2v) is 6.14. The van der Waals surface area contributed by atoms with Crippen molar-refractivity contribution in [3.05, 3.63) is 0 Å². The Hall–Kier alpha value is -1.26. The molecule has 0 aromatic rings. The molecule has 0 aromatic carbocycles. The Bertz CT molecular complexity index is 323. The SMILES string of the molecule is CCC(C)(C)CNC(=O)N(CC(=O)O)C1CCCC1. The van der Waals surface area contributed by atoms with Crippen LogP contribution in [0.1, 0.15) is 52.9 Å². The summed E-state index contributed by atoms with van der Waals surface area (Å²) < 4.78 is 0. The number of urea groups is 1. The number of hydrogen-bond acceptors (Lipinski definition) is 2. The molecule has 0 spiro atoms. The highest BCUT2D eigenvalue weighted by Gasteiger charge is 2.29. The number of rotatable bonds is 6. The van der Waals surface area contributed by atoms with Crippen molar-refractivity contribution in [2.24, 2.45) is 5.41 Å². The summed E-state index contributed by atoms with van der Waals surface area (Å²) >= 11 is 0.